The van der Waals surface area contributed by atoms with Crippen molar-refractivity contribution in [2.45, 2.75) is 19.8 Å². The quantitative estimate of drug-likeness (QED) is 0.905. The van der Waals surface area contributed by atoms with Gasteiger partial charge in [0.2, 0.25) is 5.91 Å². The molecule has 5 heteroatoms. The van der Waals surface area contributed by atoms with Crippen molar-refractivity contribution in [2.75, 3.05) is 39.2 Å². The van der Waals surface area contributed by atoms with Gasteiger partial charge < -0.3 is 14.8 Å². The van der Waals surface area contributed by atoms with E-state index >= 15 is 0 Å². The number of rotatable bonds is 5. The second-order valence-corrected chi connectivity index (χ2v) is 5.60. The predicted molar refractivity (Wildman–Crippen MR) is 83.0 cm³/mol. The van der Waals surface area contributed by atoms with Crippen LogP contribution in [0.4, 0.5) is 5.69 Å². The largest absolute Gasteiger partial charge is 0.497 e. The van der Waals surface area contributed by atoms with Gasteiger partial charge in [-0.25, -0.2) is 0 Å². The normalized spacial score (nSPS) is 19.1. The summed E-state index contributed by atoms with van der Waals surface area (Å²) in [5.74, 6) is 1.97. The summed E-state index contributed by atoms with van der Waals surface area (Å²) in [5, 5.41) is 2.91. The van der Waals surface area contributed by atoms with E-state index in [0.717, 1.165) is 13.1 Å². The first-order valence-corrected chi connectivity index (χ1v) is 7.36. The fraction of sp³-hybridized carbons (Fsp3) is 0.562. The number of likely N-dealkylation sites (tertiary alicyclic amines) is 1. The number of anilines is 1. The molecule has 0 saturated carbocycles. The van der Waals surface area contributed by atoms with Crippen LogP contribution in [-0.2, 0) is 4.79 Å². The third kappa shape index (κ3) is 4.36. The highest BCUT2D eigenvalue weighted by molar-refractivity contribution is 5.93. The molecule has 1 fully saturated rings. The molecule has 1 aromatic carbocycles. The number of piperidine rings is 1. The highest BCUT2D eigenvalue weighted by Gasteiger charge is 2.19. The molecule has 1 atom stereocenters. The maximum atomic E-state index is 12.2. The molecule has 1 aliphatic heterocycles. The van der Waals surface area contributed by atoms with Crippen molar-refractivity contribution in [3.05, 3.63) is 18.2 Å². The molecule has 1 aliphatic rings. The Morgan fingerprint density at radius 1 is 1.38 bits per heavy atom. The van der Waals surface area contributed by atoms with Crippen molar-refractivity contribution in [2.24, 2.45) is 5.92 Å². The lowest BCUT2D eigenvalue weighted by molar-refractivity contribution is -0.117. The van der Waals surface area contributed by atoms with Crippen LogP contribution >= 0.6 is 0 Å². The van der Waals surface area contributed by atoms with Crippen LogP contribution in [0.1, 0.15) is 19.8 Å². The van der Waals surface area contributed by atoms with Gasteiger partial charge in [0.25, 0.3) is 0 Å². The van der Waals surface area contributed by atoms with E-state index < -0.39 is 0 Å². The molecule has 1 aromatic rings. The number of carbonyl (C=O) groups excluding carboxylic acids is 1. The summed E-state index contributed by atoms with van der Waals surface area (Å²) < 4.78 is 10.4. The average Bonchev–Trinajstić information content (AvgIpc) is 2.47. The summed E-state index contributed by atoms with van der Waals surface area (Å²) in [6.45, 7) is 4.65. The van der Waals surface area contributed by atoms with Gasteiger partial charge in [-0.1, -0.05) is 6.92 Å². The number of carbonyl (C=O) groups is 1. The first-order chi connectivity index (χ1) is 10.1. The summed E-state index contributed by atoms with van der Waals surface area (Å²) in [6, 6.07) is 5.37. The number of nitrogens with zero attached hydrogens (tertiary/aromatic N) is 1. The van der Waals surface area contributed by atoms with Gasteiger partial charge in [0.15, 0.2) is 0 Å². The standard InChI is InChI=1S/C16H24N2O3/c1-12-5-4-8-18(10-12)11-16(19)17-14-7-6-13(20-2)9-15(14)21-3/h6-7,9,12H,4-5,8,10-11H2,1-3H3,(H,17,19). The molecule has 1 amide bonds. The van der Waals surface area contributed by atoms with E-state index in [1.807, 2.05) is 0 Å². The molecular weight excluding hydrogens is 268 g/mol. The van der Waals surface area contributed by atoms with Gasteiger partial charge in [0.05, 0.1) is 26.5 Å². The summed E-state index contributed by atoms with van der Waals surface area (Å²) in [5.41, 5.74) is 0.674. The van der Waals surface area contributed by atoms with Gasteiger partial charge in [-0.2, -0.15) is 0 Å². The van der Waals surface area contributed by atoms with E-state index in [2.05, 4.69) is 17.1 Å². The molecule has 0 aliphatic carbocycles. The Balaban J connectivity index is 1.95. The van der Waals surface area contributed by atoms with Crippen LogP contribution in [0.25, 0.3) is 0 Å². The maximum Gasteiger partial charge on any atom is 0.238 e. The van der Waals surface area contributed by atoms with E-state index in [1.165, 1.54) is 12.8 Å². The van der Waals surface area contributed by atoms with Crippen LogP contribution in [0.3, 0.4) is 0 Å². The third-order valence-corrected chi connectivity index (χ3v) is 3.79. The number of hydrogen-bond acceptors (Lipinski definition) is 4. The summed E-state index contributed by atoms with van der Waals surface area (Å²) in [4.78, 5) is 14.4. The van der Waals surface area contributed by atoms with Crippen LogP contribution in [0.5, 0.6) is 11.5 Å². The molecule has 1 N–H and O–H groups in total. The number of nitrogens with one attached hydrogen (secondary N) is 1. The van der Waals surface area contributed by atoms with Gasteiger partial charge in [-0.3, -0.25) is 9.69 Å². The first kappa shape index (κ1) is 15.6. The van der Waals surface area contributed by atoms with Crippen molar-refractivity contribution in [3.8, 4) is 11.5 Å². The Kier molecular flexibility index (Phi) is 5.44. The fourth-order valence-electron chi connectivity index (χ4n) is 2.72. The van der Waals surface area contributed by atoms with Crippen LogP contribution in [0, 0.1) is 5.92 Å². The van der Waals surface area contributed by atoms with Crippen LogP contribution in [-0.4, -0.2) is 44.7 Å². The molecule has 0 spiro atoms. The molecule has 1 saturated heterocycles. The lowest BCUT2D eigenvalue weighted by Gasteiger charge is -2.30. The smallest absolute Gasteiger partial charge is 0.238 e. The van der Waals surface area contributed by atoms with Gasteiger partial charge in [0.1, 0.15) is 11.5 Å². The fourth-order valence-corrected chi connectivity index (χ4v) is 2.72. The zero-order chi connectivity index (χ0) is 15.2. The molecule has 1 heterocycles. The summed E-state index contributed by atoms with van der Waals surface area (Å²) in [7, 11) is 3.18. The topological polar surface area (TPSA) is 50.8 Å². The van der Waals surface area contributed by atoms with Crippen molar-refractivity contribution in [1.29, 1.82) is 0 Å². The Hall–Kier alpha value is -1.75. The Morgan fingerprint density at radius 2 is 2.19 bits per heavy atom. The molecule has 21 heavy (non-hydrogen) atoms. The zero-order valence-electron chi connectivity index (χ0n) is 13.0. The lowest BCUT2D eigenvalue weighted by Crippen LogP contribution is -2.39. The van der Waals surface area contributed by atoms with E-state index in [4.69, 9.17) is 9.47 Å². The second kappa shape index (κ2) is 7.31. The summed E-state index contributed by atoms with van der Waals surface area (Å²) in [6.07, 6.45) is 2.42. The second-order valence-electron chi connectivity index (χ2n) is 5.60. The molecule has 0 aromatic heterocycles. The van der Waals surface area contributed by atoms with E-state index in [0.29, 0.717) is 29.6 Å². The minimum absolute atomic E-state index is 0.00688. The zero-order valence-corrected chi connectivity index (χ0v) is 13.0. The maximum absolute atomic E-state index is 12.2. The number of benzene rings is 1. The number of hydrogen-bond donors (Lipinski definition) is 1. The van der Waals surface area contributed by atoms with Crippen molar-refractivity contribution >= 4 is 11.6 Å². The lowest BCUT2D eigenvalue weighted by atomic mass is 10.0. The van der Waals surface area contributed by atoms with E-state index in [-0.39, 0.29) is 5.91 Å². The van der Waals surface area contributed by atoms with Crippen LogP contribution in [0.2, 0.25) is 0 Å². The van der Waals surface area contributed by atoms with Gasteiger partial charge in [-0.15, -0.1) is 0 Å². The minimum Gasteiger partial charge on any atom is -0.497 e. The molecule has 5 nitrogen and oxygen atoms in total. The molecule has 0 radical (unpaired) electrons. The molecule has 2 rings (SSSR count). The number of ether oxygens (including phenoxy) is 2. The van der Waals surface area contributed by atoms with Crippen LogP contribution in [0.15, 0.2) is 18.2 Å². The van der Waals surface area contributed by atoms with Gasteiger partial charge in [-0.05, 0) is 37.4 Å². The molecular formula is C16H24N2O3. The van der Waals surface area contributed by atoms with Crippen LogP contribution < -0.4 is 14.8 Å². The Labute approximate surface area is 126 Å². The SMILES string of the molecule is COc1ccc(NC(=O)CN2CCCC(C)C2)c(OC)c1. The molecule has 0 bridgehead atoms. The van der Waals surface area contributed by atoms with Crippen molar-refractivity contribution in [3.63, 3.8) is 0 Å². The highest BCUT2D eigenvalue weighted by Crippen LogP contribution is 2.29. The monoisotopic (exact) mass is 292 g/mol. The Bertz CT molecular complexity index is 490. The number of amides is 1. The average molecular weight is 292 g/mol. The van der Waals surface area contributed by atoms with Crippen molar-refractivity contribution < 1.29 is 14.3 Å². The highest BCUT2D eigenvalue weighted by atomic mass is 16.5. The third-order valence-electron chi connectivity index (χ3n) is 3.79. The summed E-state index contributed by atoms with van der Waals surface area (Å²) >= 11 is 0. The van der Waals surface area contributed by atoms with Gasteiger partial charge >= 0.3 is 0 Å². The Morgan fingerprint density at radius 3 is 2.86 bits per heavy atom. The van der Waals surface area contributed by atoms with E-state index in [1.54, 1.807) is 32.4 Å². The first-order valence-electron chi connectivity index (χ1n) is 7.36. The minimum atomic E-state index is -0.00688. The molecule has 116 valence electrons. The van der Waals surface area contributed by atoms with Crippen molar-refractivity contribution in [1.82, 2.24) is 4.90 Å². The predicted octanol–water partition coefficient (Wildman–Crippen LogP) is 2.37. The van der Waals surface area contributed by atoms with E-state index in [9.17, 15) is 4.79 Å². The van der Waals surface area contributed by atoms with Gasteiger partial charge in [0, 0.05) is 12.6 Å². The molecule has 1 unspecified atom stereocenters. The number of methoxy groups -OCH3 is 2.